The molecule has 0 N–H and O–H groups in total. The number of likely N-dealkylation sites (N-methyl/N-ethyl adjacent to an activating group) is 1. The minimum Gasteiger partial charge on any atom is -0.303 e. The number of hydrogen-bond acceptors (Lipinski definition) is 1. The lowest BCUT2D eigenvalue weighted by molar-refractivity contribution is 0.0683. The molecule has 0 heterocycles. The Kier molecular flexibility index (Phi) is 4.85. The molecule has 0 spiro atoms. The summed E-state index contributed by atoms with van der Waals surface area (Å²) >= 11 is 0. The Bertz CT molecular complexity index is 414. The van der Waals surface area contributed by atoms with Crippen molar-refractivity contribution in [1.29, 1.82) is 0 Å². The van der Waals surface area contributed by atoms with Crippen molar-refractivity contribution in [3.8, 4) is 0 Å². The first-order valence-corrected chi connectivity index (χ1v) is 7.85. The summed E-state index contributed by atoms with van der Waals surface area (Å²) in [5.41, 5.74) is 1.51. The van der Waals surface area contributed by atoms with Crippen molar-refractivity contribution >= 4 is 0 Å². The maximum absolute atomic E-state index is 13.0. The fourth-order valence-corrected chi connectivity index (χ4v) is 3.61. The lowest BCUT2D eigenvalue weighted by Crippen LogP contribution is -2.49. The van der Waals surface area contributed by atoms with Gasteiger partial charge in [0.25, 0.3) is 0 Å². The molecule has 2 rings (SSSR count). The Morgan fingerprint density at radius 3 is 2.15 bits per heavy atom. The summed E-state index contributed by atoms with van der Waals surface area (Å²) in [6.07, 6.45) is 6.17. The minimum absolute atomic E-state index is 0.142. The van der Waals surface area contributed by atoms with Crippen LogP contribution in [0.1, 0.15) is 45.1 Å². The van der Waals surface area contributed by atoms with Crippen LogP contribution in [0.5, 0.6) is 0 Å². The van der Waals surface area contributed by atoms with Gasteiger partial charge < -0.3 is 4.90 Å². The lowest BCUT2D eigenvalue weighted by Gasteiger charge is -2.46. The highest BCUT2D eigenvalue weighted by Crippen LogP contribution is 2.40. The van der Waals surface area contributed by atoms with E-state index < -0.39 is 0 Å². The molecule has 0 bridgehead atoms. The molecule has 1 aromatic rings. The van der Waals surface area contributed by atoms with Crippen molar-refractivity contribution in [2.24, 2.45) is 11.8 Å². The Morgan fingerprint density at radius 1 is 1.15 bits per heavy atom. The van der Waals surface area contributed by atoms with Gasteiger partial charge in [0.2, 0.25) is 0 Å². The SMILES string of the molecule is CC(C)C1CCC(Cc2ccc(F)cc2)(N(C)C)CC1. The van der Waals surface area contributed by atoms with Gasteiger partial charge in [-0.3, -0.25) is 0 Å². The topological polar surface area (TPSA) is 3.24 Å². The number of nitrogens with zero attached hydrogens (tertiary/aromatic N) is 1. The van der Waals surface area contributed by atoms with Crippen LogP contribution in [0.3, 0.4) is 0 Å². The minimum atomic E-state index is -0.142. The summed E-state index contributed by atoms with van der Waals surface area (Å²) in [4.78, 5) is 2.40. The van der Waals surface area contributed by atoms with E-state index >= 15 is 0 Å². The summed E-state index contributed by atoms with van der Waals surface area (Å²) < 4.78 is 13.0. The quantitative estimate of drug-likeness (QED) is 0.782. The van der Waals surface area contributed by atoms with Crippen LogP contribution in [0.2, 0.25) is 0 Å². The fraction of sp³-hybridized carbons (Fsp3) is 0.667. The second-order valence-electron chi connectivity index (χ2n) is 7.00. The average Bonchev–Trinajstić information content (AvgIpc) is 2.42. The van der Waals surface area contributed by atoms with Gasteiger partial charge in [-0.2, -0.15) is 0 Å². The van der Waals surface area contributed by atoms with E-state index in [9.17, 15) is 4.39 Å². The van der Waals surface area contributed by atoms with Gasteiger partial charge in [-0.15, -0.1) is 0 Å². The number of benzene rings is 1. The molecule has 112 valence electrons. The second kappa shape index (κ2) is 6.26. The third-order valence-electron chi connectivity index (χ3n) is 5.30. The zero-order valence-corrected chi connectivity index (χ0v) is 13.3. The van der Waals surface area contributed by atoms with Crippen LogP contribution in [-0.4, -0.2) is 24.5 Å². The maximum atomic E-state index is 13.0. The molecule has 0 amide bonds. The van der Waals surface area contributed by atoms with Crippen LogP contribution in [0.15, 0.2) is 24.3 Å². The molecule has 0 saturated heterocycles. The zero-order valence-electron chi connectivity index (χ0n) is 13.3. The van der Waals surface area contributed by atoms with Crippen LogP contribution in [0.25, 0.3) is 0 Å². The van der Waals surface area contributed by atoms with E-state index in [1.54, 1.807) is 12.1 Å². The largest absolute Gasteiger partial charge is 0.303 e. The normalized spacial score (nSPS) is 27.2. The molecule has 0 aliphatic heterocycles. The van der Waals surface area contributed by atoms with Crippen LogP contribution in [0.4, 0.5) is 4.39 Å². The molecule has 2 heteroatoms. The Hall–Kier alpha value is -0.890. The summed E-state index contributed by atoms with van der Waals surface area (Å²) in [7, 11) is 4.39. The number of hydrogen-bond donors (Lipinski definition) is 0. The third kappa shape index (κ3) is 3.41. The van der Waals surface area contributed by atoms with Gasteiger partial charge in [-0.1, -0.05) is 26.0 Å². The Morgan fingerprint density at radius 2 is 1.70 bits per heavy atom. The molecule has 1 fully saturated rings. The van der Waals surface area contributed by atoms with E-state index in [1.165, 1.54) is 31.2 Å². The summed E-state index contributed by atoms with van der Waals surface area (Å²) in [6.45, 7) is 4.68. The van der Waals surface area contributed by atoms with Gasteiger partial charge in [-0.05, 0) is 75.7 Å². The van der Waals surface area contributed by atoms with Gasteiger partial charge in [-0.25, -0.2) is 4.39 Å². The van der Waals surface area contributed by atoms with E-state index in [1.807, 2.05) is 12.1 Å². The average molecular weight is 277 g/mol. The van der Waals surface area contributed by atoms with Gasteiger partial charge in [0.05, 0.1) is 0 Å². The van der Waals surface area contributed by atoms with Crippen molar-refractivity contribution < 1.29 is 4.39 Å². The summed E-state index contributed by atoms with van der Waals surface area (Å²) in [6, 6.07) is 7.04. The van der Waals surface area contributed by atoms with Crippen LogP contribution in [-0.2, 0) is 6.42 Å². The summed E-state index contributed by atoms with van der Waals surface area (Å²) in [5, 5.41) is 0. The number of rotatable bonds is 4. The molecule has 1 aromatic carbocycles. The van der Waals surface area contributed by atoms with E-state index in [0.717, 1.165) is 18.3 Å². The smallest absolute Gasteiger partial charge is 0.123 e. The first-order valence-electron chi connectivity index (χ1n) is 7.85. The van der Waals surface area contributed by atoms with Crippen LogP contribution < -0.4 is 0 Å². The Balaban J connectivity index is 2.09. The lowest BCUT2D eigenvalue weighted by atomic mass is 9.70. The molecule has 0 unspecified atom stereocenters. The first kappa shape index (κ1) is 15.5. The molecular weight excluding hydrogens is 249 g/mol. The fourth-order valence-electron chi connectivity index (χ4n) is 3.61. The summed E-state index contributed by atoms with van der Waals surface area (Å²) in [5.74, 6) is 1.52. The van der Waals surface area contributed by atoms with Crippen molar-refractivity contribution in [3.05, 3.63) is 35.6 Å². The highest BCUT2D eigenvalue weighted by Gasteiger charge is 2.37. The van der Waals surface area contributed by atoms with E-state index in [-0.39, 0.29) is 11.4 Å². The van der Waals surface area contributed by atoms with Crippen LogP contribution >= 0.6 is 0 Å². The molecule has 0 aromatic heterocycles. The van der Waals surface area contributed by atoms with E-state index in [0.29, 0.717) is 0 Å². The number of halogens is 1. The van der Waals surface area contributed by atoms with Crippen molar-refractivity contribution in [1.82, 2.24) is 4.90 Å². The third-order valence-corrected chi connectivity index (χ3v) is 5.30. The molecular formula is C18H28FN. The standard InChI is InChI=1S/C18H28FN/c1-14(2)16-9-11-18(12-10-16,20(3)4)13-15-5-7-17(19)8-6-15/h5-8,14,16H,9-13H2,1-4H3. The van der Waals surface area contributed by atoms with Crippen molar-refractivity contribution in [2.75, 3.05) is 14.1 Å². The van der Waals surface area contributed by atoms with E-state index in [2.05, 4.69) is 32.8 Å². The van der Waals surface area contributed by atoms with Crippen LogP contribution in [0, 0.1) is 17.7 Å². The second-order valence-corrected chi connectivity index (χ2v) is 7.00. The monoisotopic (exact) mass is 277 g/mol. The zero-order chi connectivity index (χ0) is 14.8. The van der Waals surface area contributed by atoms with Gasteiger partial charge in [0, 0.05) is 5.54 Å². The predicted octanol–water partition coefficient (Wildman–Crippen LogP) is 4.51. The molecule has 0 radical (unpaired) electrons. The Labute approximate surface area is 123 Å². The van der Waals surface area contributed by atoms with Gasteiger partial charge >= 0.3 is 0 Å². The maximum Gasteiger partial charge on any atom is 0.123 e. The van der Waals surface area contributed by atoms with E-state index in [4.69, 9.17) is 0 Å². The predicted molar refractivity (Wildman–Crippen MR) is 83.3 cm³/mol. The molecule has 1 nitrogen and oxygen atoms in total. The molecule has 0 atom stereocenters. The van der Waals surface area contributed by atoms with Crippen molar-refractivity contribution in [2.45, 2.75) is 51.5 Å². The van der Waals surface area contributed by atoms with Gasteiger partial charge in [0.15, 0.2) is 0 Å². The molecule has 1 aliphatic rings. The van der Waals surface area contributed by atoms with Crippen molar-refractivity contribution in [3.63, 3.8) is 0 Å². The molecule has 20 heavy (non-hydrogen) atoms. The highest BCUT2D eigenvalue weighted by molar-refractivity contribution is 5.19. The van der Waals surface area contributed by atoms with Gasteiger partial charge in [0.1, 0.15) is 5.82 Å². The first-order chi connectivity index (χ1) is 9.43. The molecule has 1 saturated carbocycles. The highest BCUT2D eigenvalue weighted by atomic mass is 19.1. The molecule has 1 aliphatic carbocycles.